The van der Waals surface area contributed by atoms with Crippen LogP contribution in [-0.4, -0.2) is 75.2 Å². The average Bonchev–Trinajstić information content (AvgIpc) is 2.76. The molecule has 0 atom stereocenters. The highest BCUT2D eigenvalue weighted by Crippen LogP contribution is 2.25. The van der Waals surface area contributed by atoms with Crippen molar-refractivity contribution in [1.29, 1.82) is 0 Å². The molecule has 2 aliphatic rings. The molecule has 2 fully saturated rings. The molecule has 2 aromatic rings. The predicted octanol–water partition coefficient (Wildman–Crippen LogP) is 2.09. The summed E-state index contributed by atoms with van der Waals surface area (Å²) in [5.74, 6) is 2.43. The SMILES string of the molecule is Cc1nc(N2CCOCC2)cc(N2CCN(S(=O)(=O)c3ccc(C)c(Cl)c3)CC2)n1. The molecule has 0 N–H and O–H groups in total. The van der Waals surface area contributed by atoms with Crippen molar-refractivity contribution >= 4 is 33.3 Å². The molecule has 162 valence electrons. The summed E-state index contributed by atoms with van der Waals surface area (Å²) in [6.07, 6.45) is 0. The Bertz CT molecular complexity index is 1020. The Balaban J connectivity index is 1.48. The summed E-state index contributed by atoms with van der Waals surface area (Å²) in [6.45, 7) is 8.66. The molecular formula is C20H26ClN5O3S. The van der Waals surface area contributed by atoms with Crippen LogP contribution in [0.3, 0.4) is 0 Å². The van der Waals surface area contributed by atoms with Crippen LogP contribution in [0, 0.1) is 13.8 Å². The van der Waals surface area contributed by atoms with Gasteiger partial charge in [0.15, 0.2) is 0 Å². The largest absolute Gasteiger partial charge is 0.378 e. The van der Waals surface area contributed by atoms with E-state index in [4.69, 9.17) is 16.3 Å². The predicted molar refractivity (Wildman–Crippen MR) is 117 cm³/mol. The number of rotatable bonds is 4. The molecule has 0 unspecified atom stereocenters. The molecule has 10 heteroatoms. The number of ether oxygens (including phenoxy) is 1. The second-order valence-electron chi connectivity index (χ2n) is 7.53. The van der Waals surface area contributed by atoms with E-state index in [9.17, 15) is 8.42 Å². The van der Waals surface area contributed by atoms with E-state index in [1.807, 2.05) is 19.9 Å². The minimum absolute atomic E-state index is 0.235. The van der Waals surface area contributed by atoms with Gasteiger partial charge in [-0.3, -0.25) is 0 Å². The molecular weight excluding hydrogens is 426 g/mol. The second kappa shape index (κ2) is 8.66. The van der Waals surface area contributed by atoms with Gasteiger partial charge in [-0.1, -0.05) is 17.7 Å². The van der Waals surface area contributed by atoms with Crippen molar-refractivity contribution in [3.05, 3.63) is 40.7 Å². The molecule has 4 rings (SSSR count). The maximum atomic E-state index is 13.0. The number of morpholine rings is 1. The van der Waals surface area contributed by atoms with E-state index < -0.39 is 10.0 Å². The lowest BCUT2D eigenvalue weighted by Crippen LogP contribution is -2.49. The normalized spacial score (nSPS) is 18.6. The molecule has 2 saturated heterocycles. The first-order valence-corrected chi connectivity index (χ1v) is 11.9. The van der Waals surface area contributed by atoms with Gasteiger partial charge in [0.1, 0.15) is 17.5 Å². The summed E-state index contributed by atoms with van der Waals surface area (Å²) >= 11 is 6.14. The van der Waals surface area contributed by atoms with E-state index in [0.717, 1.165) is 30.3 Å². The fourth-order valence-electron chi connectivity index (χ4n) is 3.69. The van der Waals surface area contributed by atoms with Gasteiger partial charge >= 0.3 is 0 Å². The van der Waals surface area contributed by atoms with Gasteiger partial charge in [0, 0.05) is 50.4 Å². The van der Waals surface area contributed by atoms with Crippen LogP contribution in [0.5, 0.6) is 0 Å². The Morgan fingerprint density at radius 2 is 1.50 bits per heavy atom. The number of aryl methyl sites for hydroxylation is 2. The molecule has 8 nitrogen and oxygen atoms in total. The summed E-state index contributed by atoms with van der Waals surface area (Å²) in [6, 6.07) is 6.87. The van der Waals surface area contributed by atoms with E-state index in [-0.39, 0.29) is 4.90 Å². The first-order chi connectivity index (χ1) is 14.3. The number of anilines is 2. The van der Waals surface area contributed by atoms with Crippen LogP contribution in [0.25, 0.3) is 0 Å². The van der Waals surface area contributed by atoms with Crippen molar-refractivity contribution in [3.63, 3.8) is 0 Å². The molecule has 3 heterocycles. The summed E-state index contributed by atoms with van der Waals surface area (Å²) in [4.78, 5) is 13.7. The number of aromatic nitrogens is 2. The van der Waals surface area contributed by atoms with Crippen LogP contribution in [0.4, 0.5) is 11.6 Å². The van der Waals surface area contributed by atoms with Crippen molar-refractivity contribution in [3.8, 4) is 0 Å². The van der Waals surface area contributed by atoms with Crippen molar-refractivity contribution < 1.29 is 13.2 Å². The van der Waals surface area contributed by atoms with Gasteiger partial charge in [-0.25, -0.2) is 18.4 Å². The van der Waals surface area contributed by atoms with Crippen molar-refractivity contribution in [2.75, 3.05) is 62.3 Å². The number of halogens is 1. The van der Waals surface area contributed by atoms with E-state index in [2.05, 4.69) is 19.8 Å². The van der Waals surface area contributed by atoms with Crippen molar-refractivity contribution in [2.45, 2.75) is 18.7 Å². The topological polar surface area (TPSA) is 78.9 Å². The minimum atomic E-state index is -3.57. The smallest absolute Gasteiger partial charge is 0.243 e. The number of sulfonamides is 1. The van der Waals surface area contributed by atoms with E-state index >= 15 is 0 Å². The van der Waals surface area contributed by atoms with Crippen LogP contribution in [0.15, 0.2) is 29.2 Å². The zero-order valence-electron chi connectivity index (χ0n) is 17.2. The van der Waals surface area contributed by atoms with Gasteiger partial charge in [0.05, 0.1) is 18.1 Å². The van der Waals surface area contributed by atoms with Crippen LogP contribution < -0.4 is 9.80 Å². The fraction of sp³-hybridized carbons (Fsp3) is 0.500. The summed E-state index contributed by atoms with van der Waals surface area (Å²) in [7, 11) is -3.57. The van der Waals surface area contributed by atoms with E-state index in [1.165, 1.54) is 10.4 Å². The van der Waals surface area contributed by atoms with Crippen LogP contribution in [-0.2, 0) is 14.8 Å². The second-order valence-corrected chi connectivity index (χ2v) is 9.88. The Morgan fingerprint density at radius 3 is 2.10 bits per heavy atom. The summed E-state index contributed by atoms with van der Waals surface area (Å²) in [5.41, 5.74) is 0.857. The monoisotopic (exact) mass is 451 g/mol. The number of hydrogen-bond donors (Lipinski definition) is 0. The zero-order chi connectivity index (χ0) is 21.3. The van der Waals surface area contributed by atoms with E-state index in [1.54, 1.807) is 12.1 Å². The summed E-state index contributed by atoms with van der Waals surface area (Å²) < 4.78 is 33.0. The van der Waals surface area contributed by atoms with Gasteiger partial charge in [-0.05, 0) is 31.5 Å². The highest BCUT2D eigenvalue weighted by atomic mass is 35.5. The quantitative estimate of drug-likeness (QED) is 0.704. The lowest BCUT2D eigenvalue weighted by atomic mass is 10.2. The number of nitrogens with zero attached hydrogens (tertiary/aromatic N) is 5. The molecule has 0 radical (unpaired) electrons. The maximum Gasteiger partial charge on any atom is 0.243 e. The molecule has 0 bridgehead atoms. The highest BCUT2D eigenvalue weighted by molar-refractivity contribution is 7.89. The molecule has 2 aliphatic heterocycles. The zero-order valence-corrected chi connectivity index (χ0v) is 18.8. The lowest BCUT2D eigenvalue weighted by Gasteiger charge is -2.35. The molecule has 1 aromatic carbocycles. The van der Waals surface area contributed by atoms with E-state index in [0.29, 0.717) is 50.2 Å². The Hall–Kier alpha value is -1.94. The standard InChI is InChI=1S/C20H26ClN5O3S/c1-15-3-4-17(13-18(15)21)30(27,28)26-7-5-24(6-8-26)19-14-20(23-16(2)22-19)25-9-11-29-12-10-25/h3-4,13-14H,5-12H2,1-2H3. The Morgan fingerprint density at radius 1 is 0.900 bits per heavy atom. The molecule has 0 saturated carbocycles. The number of hydrogen-bond acceptors (Lipinski definition) is 7. The third-order valence-corrected chi connectivity index (χ3v) is 7.79. The van der Waals surface area contributed by atoms with Gasteiger partial charge < -0.3 is 14.5 Å². The highest BCUT2D eigenvalue weighted by Gasteiger charge is 2.29. The lowest BCUT2D eigenvalue weighted by molar-refractivity contribution is 0.122. The molecule has 0 spiro atoms. The van der Waals surface area contributed by atoms with Crippen LogP contribution in [0.1, 0.15) is 11.4 Å². The fourth-order valence-corrected chi connectivity index (χ4v) is 5.39. The van der Waals surface area contributed by atoms with Crippen LogP contribution in [0.2, 0.25) is 5.02 Å². The molecule has 1 aromatic heterocycles. The van der Waals surface area contributed by atoms with Gasteiger partial charge in [-0.15, -0.1) is 0 Å². The van der Waals surface area contributed by atoms with Gasteiger partial charge in [-0.2, -0.15) is 4.31 Å². The Labute approximate surface area is 182 Å². The van der Waals surface area contributed by atoms with Crippen LogP contribution >= 0.6 is 11.6 Å². The third-order valence-electron chi connectivity index (χ3n) is 5.49. The summed E-state index contributed by atoms with van der Waals surface area (Å²) in [5, 5.41) is 0.460. The molecule has 30 heavy (non-hydrogen) atoms. The first kappa shape index (κ1) is 21.3. The molecule has 0 amide bonds. The first-order valence-electron chi connectivity index (χ1n) is 10.0. The minimum Gasteiger partial charge on any atom is -0.378 e. The van der Waals surface area contributed by atoms with Gasteiger partial charge in [0.25, 0.3) is 0 Å². The van der Waals surface area contributed by atoms with Gasteiger partial charge in [0.2, 0.25) is 10.0 Å². The maximum absolute atomic E-state index is 13.0. The Kier molecular flexibility index (Phi) is 6.15. The third kappa shape index (κ3) is 4.39. The number of piperazine rings is 1. The van der Waals surface area contributed by atoms with Crippen molar-refractivity contribution in [2.24, 2.45) is 0 Å². The number of benzene rings is 1. The average molecular weight is 452 g/mol. The molecule has 0 aliphatic carbocycles. The van der Waals surface area contributed by atoms with Crippen molar-refractivity contribution in [1.82, 2.24) is 14.3 Å².